The summed E-state index contributed by atoms with van der Waals surface area (Å²) in [5.74, 6) is 0. The van der Waals surface area contributed by atoms with Gasteiger partial charge in [-0.3, -0.25) is 0 Å². The summed E-state index contributed by atoms with van der Waals surface area (Å²) in [5, 5.41) is 0. The molecule has 0 aliphatic heterocycles. The van der Waals surface area contributed by atoms with Crippen molar-refractivity contribution in [3.8, 4) is 0 Å². The Bertz CT molecular complexity index is 15.6. The van der Waals surface area contributed by atoms with Gasteiger partial charge >= 0.3 is 51.7 Å². The van der Waals surface area contributed by atoms with E-state index in [0.717, 1.165) is 0 Å². The SMILES string of the molecule is [In+3].[In+3].[O-2].[O-2].[O-2].[O-2].[O-2].[O-2].[O-2].[O-2].[O-2].[W].[W]. The van der Waals surface area contributed by atoms with Gasteiger partial charge in [-0.1, -0.05) is 0 Å². The molecule has 0 aromatic rings. The van der Waals surface area contributed by atoms with E-state index in [1.165, 1.54) is 0 Å². The predicted octanol–water partition coefficient (Wildman–Crippen LogP) is -1.84. The first-order valence-electron chi connectivity index (χ1n) is 0. The summed E-state index contributed by atoms with van der Waals surface area (Å²) in [7, 11) is 0. The molecule has 9 nitrogen and oxygen atoms in total. The molecule has 0 aromatic heterocycles. The van der Waals surface area contributed by atoms with Gasteiger partial charge in [0.25, 0.3) is 0 Å². The molecule has 0 aliphatic carbocycles. The molecule has 0 aromatic carbocycles. The molecule has 0 amide bonds. The van der Waals surface area contributed by atoms with Crippen molar-refractivity contribution < 1.29 is 91.4 Å². The molecule has 13 heavy (non-hydrogen) atoms. The molecule has 0 atom stereocenters. The van der Waals surface area contributed by atoms with Crippen LogP contribution in [0.15, 0.2) is 0 Å². The Morgan fingerprint density at radius 2 is 0.231 bits per heavy atom. The maximum Gasteiger partial charge on any atom is 3.00 e. The summed E-state index contributed by atoms with van der Waals surface area (Å²) < 4.78 is 0. The minimum Gasteiger partial charge on any atom is -2.00 e. The zero-order valence-corrected chi connectivity index (χ0v) is 18.1. The van der Waals surface area contributed by atoms with Crippen molar-refractivity contribution in [2.45, 2.75) is 0 Å². The largest absolute Gasteiger partial charge is 3.00 e. The summed E-state index contributed by atoms with van der Waals surface area (Å²) in [5.41, 5.74) is 0. The first-order chi connectivity index (χ1) is 0. The van der Waals surface area contributed by atoms with E-state index in [0.29, 0.717) is 0 Å². The van der Waals surface area contributed by atoms with Crippen LogP contribution in [0.4, 0.5) is 0 Å². The van der Waals surface area contributed by atoms with E-state index < -0.39 is 0 Å². The Kier molecular flexibility index (Phi) is 12800. The van der Waals surface area contributed by atoms with Crippen molar-refractivity contribution in [3.63, 3.8) is 0 Å². The third-order valence-corrected chi connectivity index (χ3v) is 0. The third-order valence-electron chi connectivity index (χ3n) is 0. The van der Waals surface area contributed by atoms with E-state index in [-0.39, 0.29) is 143 Å². The van der Waals surface area contributed by atoms with E-state index in [1.54, 1.807) is 0 Å². The van der Waals surface area contributed by atoms with Crippen molar-refractivity contribution in [1.29, 1.82) is 0 Å². The second-order valence-corrected chi connectivity index (χ2v) is 0. The molecule has 0 rings (SSSR count). The molecule has 0 saturated carbocycles. The minimum absolute atomic E-state index is 0. The molecule has 0 N–H and O–H groups in total. The van der Waals surface area contributed by atoms with Crippen LogP contribution < -0.4 is 0 Å². The molecular weight excluding hydrogens is 741 g/mol. The summed E-state index contributed by atoms with van der Waals surface area (Å²) >= 11 is 0. The van der Waals surface area contributed by atoms with E-state index in [1.807, 2.05) is 0 Å². The van der Waals surface area contributed by atoms with Gasteiger partial charge in [-0.2, -0.15) is 0 Å². The zero-order chi connectivity index (χ0) is 0. The Balaban J connectivity index is 0. The van der Waals surface area contributed by atoms with Gasteiger partial charge in [-0.25, -0.2) is 0 Å². The van der Waals surface area contributed by atoms with E-state index in [9.17, 15) is 0 Å². The van der Waals surface area contributed by atoms with Crippen molar-refractivity contribution in [2.24, 2.45) is 0 Å². The maximum absolute atomic E-state index is 0. The molecule has 0 fully saturated rings. The van der Waals surface area contributed by atoms with Gasteiger partial charge < -0.3 is 49.3 Å². The number of hydrogen-bond donors (Lipinski definition) is 0. The summed E-state index contributed by atoms with van der Waals surface area (Å²) in [6.45, 7) is 0. The van der Waals surface area contributed by atoms with Crippen LogP contribution in [0, 0.1) is 0 Å². The third kappa shape index (κ3) is 316. The topological polar surface area (TPSA) is 256 Å². The van der Waals surface area contributed by atoms with E-state index >= 15 is 0 Å². The van der Waals surface area contributed by atoms with Gasteiger partial charge in [0.05, 0.1) is 0 Å². The average Bonchev–Trinajstić information content (AvgIpc) is 0. The summed E-state index contributed by atoms with van der Waals surface area (Å²) in [4.78, 5) is 0. The maximum atomic E-state index is 0. The van der Waals surface area contributed by atoms with Crippen molar-refractivity contribution in [3.05, 3.63) is 0 Å². The van der Waals surface area contributed by atoms with Gasteiger partial charge in [-0.15, -0.1) is 0 Å². The quantitative estimate of drug-likeness (QED) is 0.266. The van der Waals surface area contributed by atoms with Crippen LogP contribution in [0.5, 0.6) is 0 Å². The molecule has 0 aliphatic rings. The zero-order valence-electron chi connectivity index (χ0n) is 5.65. The normalized spacial score (nSPS) is 0. The average molecular weight is 741 g/mol. The van der Waals surface area contributed by atoms with Gasteiger partial charge in [0.1, 0.15) is 0 Å². The number of rotatable bonds is 0. The van der Waals surface area contributed by atoms with Gasteiger partial charge in [-0.05, 0) is 0 Å². The Morgan fingerprint density at radius 3 is 0.231 bits per heavy atom. The van der Waals surface area contributed by atoms with Gasteiger partial charge in [0.2, 0.25) is 0 Å². The fourth-order valence-corrected chi connectivity index (χ4v) is 0. The Hall–Kier alpha value is 2.76. The van der Waals surface area contributed by atoms with Crippen LogP contribution in [-0.2, 0) is 91.4 Å². The summed E-state index contributed by atoms with van der Waals surface area (Å²) in [6.07, 6.45) is 0. The second kappa shape index (κ2) is 367. The van der Waals surface area contributed by atoms with E-state index in [2.05, 4.69) is 0 Å². The van der Waals surface area contributed by atoms with E-state index in [4.69, 9.17) is 0 Å². The van der Waals surface area contributed by atoms with Crippen LogP contribution >= 0.6 is 0 Å². The predicted molar refractivity (Wildman–Crippen MR) is 17.7 cm³/mol. The van der Waals surface area contributed by atoms with Crippen LogP contribution in [0.2, 0.25) is 0 Å². The molecule has 0 unspecified atom stereocenters. The molecule has 0 heterocycles. The molecule has 0 radical (unpaired) electrons. The van der Waals surface area contributed by atoms with Crippen LogP contribution in [0.3, 0.4) is 0 Å². The van der Waals surface area contributed by atoms with Gasteiger partial charge in [0, 0.05) is 42.1 Å². The Morgan fingerprint density at radius 1 is 0.231 bits per heavy atom. The molecule has 0 saturated heterocycles. The van der Waals surface area contributed by atoms with Crippen molar-refractivity contribution >= 4 is 51.7 Å². The monoisotopic (exact) mass is 742 g/mol. The fourth-order valence-electron chi connectivity index (χ4n) is 0. The van der Waals surface area contributed by atoms with Crippen molar-refractivity contribution in [1.82, 2.24) is 0 Å². The van der Waals surface area contributed by atoms with Crippen LogP contribution in [0.25, 0.3) is 0 Å². The molecule has 13 heteroatoms. The second-order valence-electron chi connectivity index (χ2n) is 0. The smallest absolute Gasteiger partial charge is 2.00 e. The first-order valence-corrected chi connectivity index (χ1v) is 0. The number of hydrogen-bond acceptors (Lipinski definition) is 0. The summed E-state index contributed by atoms with van der Waals surface area (Å²) in [6, 6.07) is 0. The van der Waals surface area contributed by atoms with Gasteiger partial charge in [0.15, 0.2) is 0 Å². The standard InChI is InChI=1S/2In.9O.2W/q2*+3;9*-2;;. The van der Waals surface area contributed by atoms with Crippen LogP contribution in [-0.4, -0.2) is 51.7 Å². The molecule has 84 valence electrons. The van der Waals surface area contributed by atoms with Crippen molar-refractivity contribution in [2.75, 3.05) is 0 Å². The minimum atomic E-state index is 0. The molecule has 0 bridgehead atoms. The fraction of sp³-hybridized carbons (Fsp3) is 0. The Labute approximate surface area is 141 Å². The van der Waals surface area contributed by atoms with Crippen LogP contribution in [0.1, 0.15) is 0 Å². The molecule has 0 spiro atoms. The first kappa shape index (κ1) is 451. The molecular formula is In2O9W2-12.